The van der Waals surface area contributed by atoms with Gasteiger partial charge in [0.25, 0.3) is 0 Å². The lowest BCUT2D eigenvalue weighted by Gasteiger charge is -2.06. The molecular weight excluding hydrogens is 200 g/mol. The first-order valence-corrected chi connectivity index (χ1v) is 4.16. The van der Waals surface area contributed by atoms with Gasteiger partial charge in [-0.1, -0.05) is 0 Å². The molecule has 0 saturated carbocycles. The fourth-order valence-corrected chi connectivity index (χ4v) is 1.42. The van der Waals surface area contributed by atoms with Gasteiger partial charge in [-0.25, -0.2) is 0 Å². The molecule has 0 atom stereocenters. The maximum absolute atomic E-state index is 11.4. The van der Waals surface area contributed by atoms with Crippen LogP contribution in [-0.2, 0) is 0 Å². The number of rotatable bonds is 1. The molecule has 15 heavy (non-hydrogen) atoms. The number of aromatic nitrogens is 2. The van der Waals surface area contributed by atoms with E-state index < -0.39 is 0 Å². The Morgan fingerprint density at radius 2 is 1.73 bits per heavy atom. The van der Waals surface area contributed by atoms with E-state index in [1.807, 2.05) is 0 Å². The maximum atomic E-state index is 11.4. The Hall–Kier alpha value is -2.24. The minimum absolute atomic E-state index is 0.00926. The van der Waals surface area contributed by atoms with Crippen molar-refractivity contribution in [2.75, 3.05) is 7.11 Å². The molecule has 0 aliphatic carbocycles. The second-order valence-electron chi connectivity index (χ2n) is 2.93. The second-order valence-corrected chi connectivity index (χ2v) is 2.93. The van der Waals surface area contributed by atoms with Crippen LogP contribution in [0, 0.1) is 10.4 Å². The van der Waals surface area contributed by atoms with Crippen LogP contribution in [0.1, 0.15) is 0 Å². The number of ether oxygens (including phenoxy) is 1. The Morgan fingerprint density at radius 3 is 2.33 bits per heavy atom. The summed E-state index contributed by atoms with van der Waals surface area (Å²) in [6.45, 7) is 0. The van der Waals surface area contributed by atoms with Gasteiger partial charge in [-0.15, -0.1) is 0 Å². The molecule has 2 rings (SSSR count). The molecule has 1 heterocycles. The minimum atomic E-state index is -0.258. The van der Waals surface area contributed by atoms with Gasteiger partial charge in [-0.2, -0.15) is 9.46 Å². The molecule has 0 bridgehead atoms. The van der Waals surface area contributed by atoms with Crippen molar-refractivity contribution in [2.45, 2.75) is 0 Å². The predicted octanol–water partition coefficient (Wildman–Crippen LogP) is -0.179. The van der Waals surface area contributed by atoms with E-state index in [0.29, 0.717) is 9.46 Å². The zero-order valence-electron chi connectivity index (χ0n) is 7.88. The highest BCUT2D eigenvalue weighted by Gasteiger charge is 2.22. The summed E-state index contributed by atoms with van der Waals surface area (Å²) in [5.41, 5.74) is -0.0955. The zero-order chi connectivity index (χ0) is 11.0. The average Bonchev–Trinajstić information content (AvgIpc) is 2.23. The number of nitrogens with zero attached hydrogens (tertiary/aromatic N) is 2. The van der Waals surface area contributed by atoms with Crippen molar-refractivity contribution in [1.29, 1.82) is 0 Å². The molecule has 1 N–H and O–H groups in total. The molecule has 2 aromatic rings. The number of fused-ring (bicyclic) bond motifs is 1. The van der Waals surface area contributed by atoms with E-state index in [4.69, 9.17) is 4.74 Å². The first-order chi connectivity index (χ1) is 7.15. The fraction of sp³-hybridized carbons (Fsp3) is 0.111. The fourth-order valence-electron chi connectivity index (χ4n) is 1.42. The molecule has 0 spiro atoms. The van der Waals surface area contributed by atoms with Crippen LogP contribution in [0.3, 0.4) is 0 Å². The van der Waals surface area contributed by atoms with Crippen molar-refractivity contribution in [2.24, 2.45) is 0 Å². The van der Waals surface area contributed by atoms with E-state index in [0.717, 1.165) is 12.4 Å². The van der Waals surface area contributed by atoms with Gasteiger partial charge >= 0.3 is 11.0 Å². The highest BCUT2D eigenvalue weighted by atomic mass is 16.5. The summed E-state index contributed by atoms with van der Waals surface area (Å²) >= 11 is 0. The quantitative estimate of drug-likeness (QED) is 0.520. The van der Waals surface area contributed by atoms with Crippen LogP contribution in [0.2, 0.25) is 0 Å². The molecule has 78 valence electrons. The lowest BCUT2D eigenvalue weighted by Crippen LogP contribution is -2.37. The van der Waals surface area contributed by atoms with Crippen LogP contribution in [0.5, 0.6) is 11.5 Å². The number of aromatic hydroxyl groups is 1. The second kappa shape index (κ2) is 3.16. The molecule has 0 fully saturated rings. The van der Waals surface area contributed by atoms with Gasteiger partial charge in [0.1, 0.15) is 0 Å². The van der Waals surface area contributed by atoms with Crippen LogP contribution in [0.4, 0.5) is 0 Å². The molecular formula is C9H8N2O4. The molecule has 0 amide bonds. The number of hydrogen-bond acceptors (Lipinski definition) is 4. The molecule has 0 radical (unpaired) electrons. The Morgan fingerprint density at radius 1 is 1.13 bits per heavy atom. The molecule has 6 nitrogen and oxygen atoms in total. The molecule has 0 unspecified atom stereocenters. The summed E-state index contributed by atoms with van der Waals surface area (Å²) in [5, 5.41) is 32.3. The SMILES string of the molecule is COc1ccc(O)c2c1[n+]([O-])cc[n+]2[O-]. The van der Waals surface area contributed by atoms with Gasteiger partial charge in [-0.3, -0.25) is 0 Å². The van der Waals surface area contributed by atoms with E-state index in [2.05, 4.69) is 0 Å². The number of benzene rings is 1. The topological polar surface area (TPSA) is 83.3 Å². The number of hydrogen-bond donors (Lipinski definition) is 1. The highest BCUT2D eigenvalue weighted by Crippen LogP contribution is 2.26. The van der Waals surface area contributed by atoms with E-state index in [1.54, 1.807) is 0 Å². The van der Waals surface area contributed by atoms with Gasteiger partial charge in [0.2, 0.25) is 12.4 Å². The third-order valence-corrected chi connectivity index (χ3v) is 2.09. The first kappa shape index (κ1) is 9.32. The lowest BCUT2D eigenvalue weighted by molar-refractivity contribution is -0.629. The molecule has 6 heteroatoms. The number of phenols is 1. The largest absolute Gasteiger partial charge is 0.618 e. The van der Waals surface area contributed by atoms with Gasteiger partial charge in [0.15, 0.2) is 11.5 Å². The van der Waals surface area contributed by atoms with Crippen LogP contribution < -0.4 is 14.2 Å². The summed E-state index contributed by atoms with van der Waals surface area (Å²) in [6, 6.07) is 2.72. The van der Waals surface area contributed by atoms with Gasteiger partial charge in [-0.05, 0) is 12.1 Å². The van der Waals surface area contributed by atoms with Crippen molar-refractivity contribution in [3.8, 4) is 11.5 Å². The van der Waals surface area contributed by atoms with Crippen molar-refractivity contribution >= 4 is 11.0 Å². The summed E-state index contributed by atoms with van der Waals surface area (Å²) < 4.78 is 5.83. The van der Waals surface area contributed by atoms with Gasteiger partial charge in [0, 0.05) is 0 Å². The van der Waals surface area contributed by atoms with E-state index >= 15 is 0 Å². The summed E-state index contributed by atoms with van der Waals surface area (Å²) in [5.74, 6) is -0.0194. The van der Waals surface area contributed by atoms with Gasteiger partial charge in [0.05, 0.1) is 7.11 Å². The van der Waals surface area contributed by atoms with Crippen LogP contribution in [0.15, 0.2) is 24.5 Å². The number of phenolic OH excluding ortho intramolecular Hbond substituents is 1. The summed E-state index contributed by atoms with van der Waals surface area (Å²) in [4.78, 5) is 0. The van der Waals surface area contributed by atoms with Crippen molar-refractivity contribution in [3.63, 3.8) is 0 Å². The lowest BCUT2D eigenvalue weighted by atomic mass is 10.2. The summed E-state index contributed by atoms with van der Waals surface area (Å²) in [6.07, 6.45) is 2.08. The predicted molar refractivity (Wildman–Crippen MR) is 50.1 cm³/mol. The van der Waals surface area contributed by atoms with Crippen molar-refractivity contribution < 1.29 is 19.3 Å². The maximum Gasteiger partial charge on any atom is 0.336 e. The van der Waals surface area contributed by atoms with E-state index in [-0.39, 0.29) is 22.5 Å². The molecule has 0 aliphatic heterocycles. The third-order valence-electron chi connectivity index (χ3n) is 2.09. The standard InChI is InChI=1S/C9H8N2O4/c1-15-7-3-2-6(12)8-9(7)11(14)5-4-10(8)13/h2-5,12H,1H3. The minimum Gasteiger partial charge on any atom is -0.618 e. The monoisotopic (exact) mass is 208 g/mol. The van der Waals surface area contributed by atoms with Crippen LogP contribution >= 0.6 is 0 Å². The number of methoxy groups -OCH3 is 1. The third kappa shape index (κ3) is 1.26. The van der Waals surface area contributed by atoms with Gasteiger partial charge < -0.3 is 20.3 Å². The Kier molecular flexibility index (Phi) is 1.96. The Labute approximate surface area is 84.7 Å². The molecule has 0 saturated heterocycles. The van der Waals surface area contributed by atoms with Crippen molar-refractivity contribution in [3.05, 3.63) is 34.9 Å². The van der Waals surface area contributed by atoms with E-state index in [1.165, 1.54) is 19.2 Å². The normalized spacial score (nSPS) is 10.5. The highest BCUT2D eigenvalue weighted by molar-refractivity contribution is 5.80. The first-order valence-electron chi connectivity index (χ1n) is 4.16. The average molecular weight is 208 g/mol. The summed E-state index contributed by atoms with van der Waals surface area (Å²) in [7, 11) is 1.38. The molecule has 0 aliphatic rings. The molecule has 1 aromatic carbocycles. The van der Waals surface area contributed by atoms with Crippen LogP contribution in [0.25, 0.3) is 11.0 Å². The van der Waals surface area contributed by atoms with Crippen molar-refractivity contribution in [1.82, 2.24) is 0 Å². The van der Waals surface area contributed by atoms with E-state index in [9.17, 15) is 15.5 Å². The van der Waals surface area contributed by atoms with Crippen LogP contribution in [-0.4, -0.2) is 12.2 Å². The molecule has 1 aromatic heterocycles. The Bertz CT molecular complexity index is 519. The Balaban J connectivity index is 2.99. The smallest absolute Gasteiger partial charge is 0.336 e. The zero-order valence-corrected chi connectivity index (χ0v) is 7.88.